The number of hydrogen-bond donors (Lipinski definition) is 1. The SMILES string of the molecule is CCCC(CCC)C(=O)OC[C@@H](O)[C@@H]1OC(C)(C)O[C@@H]1[C@H]1COC(C)(C)O1. The average molecular weight is 389 g/mol. The second-order valence-corrected chi connectivity index (χ2v) is 8.40. The summed E-state index contributed by atoms with van der Waals surface area (Å²) in [5, 5.41) is 10.7. The van der Waals surface area contributed by atoms with Crippen molar-refractivity contribution in [3.8, 4) is 0 Å². The number of esters is 1. The van der Waals surface area contributed by atoms with Crippen LogP contribution in [0.1, 0.15) is 67.2 Å². The van der Waals surface area contributed by atoms with E-state index in [4.69, 9.17) is 23.7 Å². The van der Waals surface area contributed by atoms with Crippen LogP contribution in [0, 0.1) is 5.92 Å². The predicted molar refractivity (Wildman–Crippen MR) is 99.0 cm³/mol. The predicted octanol–water partition coefficient (Wildman–Crippen LogP) is 2.78. The van der Waals surface area contributed by atoms with Gasteiger partial charge < -0.3 is 28.8 Å². The molecule has 0 aromatic carbocycles. The van der Waals surface area contributed by atoms with Crippen LogP contribution in [0.25, 0.3) is 0 Å². The Kier molecular flexibility index (Phi) is 7.67. The topological polar surface area (TPSA) is 83.5 Å². The Morgan fingerprint density at radius 2 is 1.70 bits per heavy atom. The van der Waals surface area contributed by atoms with Gasteiger partial charge in [0.25, 0.3) is 0 Å². The lowest BCUT2D eigenvalue weighted by Gasteiger charge is -2.26. The Bertz CT molecular complexity index is 485. The zero-order chi connectivity index (χ0) is 20.2. The van der Waals surface area contributed by atoms with E-state index < -0.39 is 29.9 Å². The van der Waals surface area contributed by atoms with Gasteiger partial charge in [0.1, 0.15) is 31.0 Å². The molecule has 0 radical (unpaired) electrons. The fraction of sp³-hybridized carbons (Fsp3) is 0.950. The number of aliphatic hydroxyl groups excluding tert-OH is 1. The third kappa shape index (κ3) is 6.12. The van der Waals surface area contributed by atoms with Gasteiger partial charge in [0.05, 0.1) is 12.5 Å². The van der Waals surface area contributed by atoms with Gasteiger partial charge in [0.2, 0.25) is 0 Å². The van der Waals surface area contributed by atoms with Crippen LogP contribution in [0.4, 0.5) is 0 Å². The Morgan fingerprint density at radius 3 is 2.22 bits per heavy atom. The van der Waals surface area contributed by atoms with Crippen molar-refractivity contribution >= 4 is 5.97 Å². The lowest BCUT2D eigenvalue weighted by Crippen LogP contribution is -2.46. The first-order valence-corrected chi connectivity index (χ1v) is 10.1. The van der Waals surface area contributed by atoms with Gasteiger partial charge in [-0.15, -0.1) is 0 Å². The van der Waals surface area contributed by atoms with Crippen LogP contribution in [0.5, 0.6) is 0 Å². The molecule has 4 atom stereocenters. The monoisotopic (exact) mass is 388 g/mol. The van der Waals surface area contributed by atoms with E-state index in [0.29, 0.717) is 6.61 Å². The molecule has 27 heavy (non-hydrogen) atoms. The van der Waals surface area contributed by atoms with Crippen molar-refractivity contribution < 1.29 is 33.6 Å². The Balaban J connectivity index is 1.96. The first-order valence-electron chi connectivity index (χ1n) is 10.1. The highest BCUT2D eigenvalue weighted by molar-refractivity contribution is 5.72. The zero-order valence-corrected chi connectivity index (χ0v) is 17.5. The van der Waals surface area contributed by atoms with E-state index in [1.54, 1.807) is 13.8 Å². The summed E-state index contributed by atoms with van der Waals surface area (Å²) in [6.45, 7) is 11.6. The van der Waals surface area contributed by atoms with Crippen molar-refractivity contribution in [2.45, 2.75) is 103 Å². The van der Waals surface area contributed by atoms with Crippen LogP contribution >= 0.6 is 0 Å². The lowest BCUT2D eigenvalue weighted by molar-refractivity contribution is -0.176. The van der Waals surface area contributed by atoms with Crippen molar-refractivity contribution in [2.24, 2.45) is 5.92 Å². The summed E-state index contributed by atoms with van der Waals surface area (Å²) in [6, 6.07) is 0. The number of aliphatic hydroxyl groups is 1. The highest BCUT2D eigenvalue weighted by Crippen LogP contribution is 2.36. The number of carbonyl (C=O) groups is 1. The van der Waals surface area contributed by atoms with Crippen LogP contribution in [-0.4, -0.2) is 60.3 Å². The minimum Gasteiger partial charge on any atom is -0.463 e. The molecule has 2 aliphatic heterocycles. The molecule has 0 amide bonds. The summed E-state index contributed by atoms with van der Waals surface area (Å²) in [6.07, 6.45) is 0.915. The molecule has 0 aromatic heterocycles. The van der Waals surface area contributed by atoms with E-state index in [1.807, 2.05) is 27.7 Å². The summed E-state index contributed by atoms with van der Waals surface area (Å²) >= 11 is 0. The van der Waals surface area contributed by atoms with Gasteiger partial charge in [-0.05, 0) is 40.5 Å². The van der Waals surface area contributed by atoms with E-state index in [0.717, 1.165) is 25.7 Å². The second-order valence-electron chi connectivity index (χ2n) is 8.40. The molecule has 0 bridgehead atoms. The second kappa shape index (κ2) is 9.18. The minimum absolute atomic E-state index is 0.118. The highest BCUT2D eigenvalue weighted by Gasteiger charge is 2.52. The first-order chi connectivity index (χ1) is 12.6. The smallest absolute Gasteiger partial charge is 0.309 e. The molecule has 0 unspecified atom stereocenters. The summed E-state index contributed by atoms with van der Waals surface area (Å²) in [7, 11) is 0. The van der Waals surface area contributed by atoms with Gasteiger partial charge in [-0.2, -0.15) is 0 Å². The maximum atomic E-state index is 12.3. The zero-order valence-electron chi connectivity index (χ0n) is 17.5. The maximum Gasteiger partial charge on any atom is 0.309 e. The van der Waals surface area contributed by atoms with Crippen molar-refractivity contribution in [1.29, 1.82) is 0 Å². The van der Waals surface area contributed by atoms with E-state index in [1.165, 1.54) is 0 Å². The van der Waals surface area contributed by atoms with Gasteiger partial charge >= 0.3 is 5.97 Å². The van der Waals surface area contributed by atoms with Gasteiger partial charge in [0, 0.05) is 0 Å². The number of hydrogen-bond acceptors (Lipinski definition) is 7. The highest BCUT2D eigenvalue weighted by atomic mass is 16.8. The Hall–Kier alpha value is -0.730. The molecular weight excluding hydrogens is 352 g/mol. The largest absolute Gasteiger partial charge is 0.463 e. The van der Waals surface area contributed by atoms with E-state index in [2.05, 4.69) is 0 Å². The molecule has 7 heteroatoms. The molecule has 0 aliphatic carbocycles. The fourth-order valence-electron chi connectivity index (χ4n) is 3.74. The molecule has 0 saturated carbocycles. The van der Waals surface area contributed by atoms with Crippen molar-refractivity contribution in [3.63, 3.8) is 0 Å². The molecule has 2 rings (SSSR count). The fourth-order valence-corrected chi connectivity index (χ4v) is 3.74. The number of carbonyl (C=O) groups excluding carboxylic acids is 1. The minimum atomic E-state index is -1.00. The summed E-state index contributed by atoms with van der Waals surface area (Å²) < 4.78 is 28.8. The number of ether oxygens (including phenoxy) is 5. The van der Waals surface area contributed by atoms with E-state index in [-0.39, 0.29) is 24.6 Å². The summed E-state index contributed by atoms with van der Waals surface area (Å²) in [5.74, 6) is -1.93. The lowest BCUT2D eigenvalue weighted by atomic mass is 9.98. The molecule has 2 fully saturated rings. The molecule has 2 heterocycles. The third-order valence-corrected chi connectivity index (χ3v) is 4.94. The summed E-state index contributed by atoms with van der Waals surface area (Å²) in [5.41, 5.74) is 0. The van der Waals surface area contributed by atoms with Crippen molar-refractivity contribution in [1.82, 2.24) is 0 Å². The molecular formula is C20H36O7. The van der Waals surface area contributed by atoms with Crippen LogP contribution in [0.3, 0.4) is 0 Å². The third-order valence-electron chi connectivity index (χ3n) is 4.94. The van der Waals surface area contributed by atoms with Crippen molar-refractivity contribution in [2.75, 3.05) is 13.2 Å². The molecule has 1 N–H and O–H groups in total. The van der Waals surface area contributed by atoms with Crippen molar-refractivity contribution in [3.05, 3.63) is 0 Å². The molecule has 2 aliphatic rings. The Labute approximate surface area is 162 Å². The first kappa shape index (κ1) is 22.6. The normalized spacial score (nSPS) is 30.6. The van der Waals surface area contributed by atoms with Crippen LogP contribution < -0.4 is 0 Å². The maximum absolute atomic E-state index is 12.3. The molecule has 158 valence electrons. The van der Waals surface area contributed by atoms with Gasteiger partial charge in [-0.25, -0.2) is 0 Å². The van der Waals surface area contributed by atoms with Gasteiger partial charge in [0.15, 0.2) is 11.6 Å². The molecule has 7 nitrogen and oxygen atoms in total. The Morgan fingerprint density at radius 1 is 1.07 bits per heavy atom. The number of rotatable bonds is 9. The van der Waals surface area contributed by atoms with Gasteiger partial charge in [-0.3, -0.25) is 4.79 Å². The molecule has 0 aromatic rings. The van der Waals surface area contributed by atoms with Crippen LogP contribution in [-0.2, 0) is 28.5 Å². The summed E-state index contributed by atoms with van der Waals surface area (Å²) in [4.78, 5) is 12.3. The van der Waals surface area contributed by atoms with E-state index in [9.17, 15) is 9.90 Å². The van der Waals surface area contributed by atoms with Crippen LogP contribution in [0.2, 0.25) is 0 Å². The quantitative estimate of drug-likeness (QED) is 0.608. The van der Waals surface area contributed by atoms with E-state index >= 15 is 0 Å². The van der Waals surface area contributed by atoms with Crippen LogP contribution in [0.15, 0.2) is 0 Å². The van der Waals surface area contributed by atoms with Gasteiger partial charge in [-0.1, -0.05) is 26.7 Å². The average Bonchev–Trinajstić information content (AvgIpc) is 3.10. The molecule has 2 saturated heterocycles. The molecule has 0 spiro atoms. The standard InChI is InChI=1S/C20H36O7/c1-7-9-13(10-8-2)18(22)23-11-14(21)16-17(27-20(5,6)26-16)15-12-24-19(3,4)25-15/h13-17,21H,7-12H2,1-6H3/t14-,15-,16+,17-/m1/s1.